The summed E-state index contributed by atoms with van der Waals surface area (Å²) < 4.78 is 5.56. The van der Waals surface area contributed by atoms with Gasteiger partial charge in [-0.1, -0.05) is 60.7 Å². The fourth-order valence-electron chi connectivity index (χ4n) is 3.09. The molecule has 1 aliphatic rings. The SMILES string of the molecule is O=C(CC(c1ccccc1)c1ccccc1)NC[C@@H]1CCCO1. The Morgan fingerprint density at radius 2 is 1.65 bits per heavy atom. The van der Waals surface area contributed by atoms with Crippen molar-refractivity contribution in [1.29, 1.82) is 0 Å². The number of amides is 1. The smallest absolute Gasteiger partial charge is 0.221 e. The summed E-state index contributed by atoms with van der Waals surface area (Å²) in [5.74, 6) is 0.167. The zero-order valence-electron chi connectivity index (χ0n) is 13.3. The number of hydrogen-bond donors (Lipinski definition) is 1. The summed E-state index contributed by atoms with van der Waals surface area (Å²) in [7, 11) is 0. The highest BCUT2D eigenvalue weighted by molar-refractivity contribution is 5.77. The average Bonchev–Trinajstić information content (AvgIpc) is 3.13. The molecular weight excluding hydrogens is 286 g/mol. The van der Waals surface area contributed by atoms with Gasteiger partial charge in [-0.2, -0.15) is 0 Å². The van der Waals surface area contributed by atoms with Gasteiger partial charge in [0.05, 0.1) is 6.10 Å². The van der Waals surface area contributed by atoms with Crippen molar-refractivity contribution in [2.24, 2.45) is 0 Å². The van der Waals surface area contributed by atoms with Gasteiger partial charge in [0, 0.05) is 25.5 Å². The molecule has 1 saturated heterocycles. The van der Waals surface area contributed by atoms with Gasteiger partial charge in [0.1, 0.15) is 0 Å². The van der Waals surface area contributed by atoms with E-state index in [1.807, 2.05) is 36.4 Å². The molecule has 0 bridgehead atoms. The van der Waals surface area contributed by atoms with Gasteiger partial charge < -0.3 is 10.1 Å². The van der Waals surface area contributed by atoms with Crippen LogP contribution in [-0.2, 0) is 9.53 Å². The first-order valence-electron chi connectivity index (χ1n) is 8.31. The Labute approximate surface area is 137 Å². The first-order chi connectivity index (χ1) is 11.3. The number of benzene rings is 2. The van der Waals surface area contributed by atoms with Gasteiger partial charge in [-0.05, 0) is 24.0 Å². The summed E-state index contributed by atoms with van der Waals surface area (Å²) in [6.07, 6.45) is 2.78. The van der Waals surface area contributed by atoms with Crippen molar-refractivity contribution in [3.05, 3.63) is 71.8 Å². The number of hydrogen-bond acceptors (Lipinski definition) is 2. The first-order valence-corrected chi connectivity index (χ1v) is 8.31. The van der Waals surface area contributed by atoms with Gasteiger partial charge in [-0.3, -0.25) is 4.79 Å². The largest absolute Gasteiger partial charge is 0.376 e. The molecule has 3 rings (SSSR count). The van der Waals surface area contributed by atoms with Crippen LogP contribution < -0.4 is 5.32 Å². The topological polar surface area (TPSA) is 38.3 Å². The summed E-state index contributed by atoms with van der Waals surface area (Å²) in [5, 5.41) is 3.03. The van der Waals surface area contributed by atoms with Crippen molar-refractivity contribution in [1.82, 2.24) is 5.32 Å². The van der Waals surface area contributed by atoms with Crippen LogP contribution in [0.5, 0.6) is 0 Å². The molecule has 23 heavy (non-hydrogen) atoms. The van der Waals surface area contributed by atoms with Crippen LogP contribution in [0.3, 0.4) is 0 Å². The lowest BCUT2D eigenvalue weighted by molar-refractivity contribution is -0.121. The van der Waals surface area contributed by atoms with Gasteiger partial charge in [-0.15, -0.1) is 0 Å². The standard InChI is InChI=1S/C20H23NO2/c22-20(21-15-18-12-7-13-23-18)14-19(16-8-3-1-4-9-16)17-10-5-2-6-11-17/h1-6,8-11,18-19H,7,12-15H2,(H,21,22)/t18-/m0/s1. The normalized spacial score (nSPS) is 17.3. The van der Waals surface area contributed by atoms with Crippen molar-refractivity contribution >= 4 is 5.91 Å². The van der Waals surface area contributed by atoms with Crippen LogP contribution in [0.1, 0.15) is 36.3 Å². The molecule has 1 heterocycles. The lowest BCUT2D eigenvalue weighted by Gasteiger charge is -2.18. The minimum Gasteiger partial charge on any atom is -0.376 e. The summed E-state index contributed by atoms with van der Waals surface area (Å²) >= 11 is 0. The quantitative estimate of drug-likeness (QED) is 0.887. The van der Waals surface area contributed by atoms with Crippen LogP contribution in [0.25, 0.3) is 0 Å². The molecule has 0 radical (unpaired) electrons. The number of ether oxygens (including phenoxy) is 1. The predicted octanol–water partition coefficient (Wildman–Crippen LogP) is 3.50. The molecule has 2 aromatic rings. The monoisotopic (exact) mass is 309 g/mol. The maximum Gasteiger partial charge on any atom is 0.221 e. The van der Waals surface area contributed by atoms with E-state index in [0.717, 1.165) is 19.4 Å². The lowest BCUT2D eigenvalue weighted by Crippen LogP contribution is -2.32. The maximum atomic E-state index is 12.4. The molecule has 2 aromatic carbocycles. The first kappa shape index (κ1) is 15.8. The summed E-state index contributed by atoms with van der Waals surface area (Å²) in [6, 6.07) is 20.5. The third-order valence-electron chi connectivity index (χ3n) is 4.34. The molecule has 0 spiro atoms. The number of carbonyl (C=O) groups excluding carboxylic acids is 1. The predicted molar refractivity (Wildman–Crippen MR) is 91.3 cm³/mol. The molecule has 3 heteroatoms. The second kappa shape index (κ2) is 7.93. The van der Waals surface area contributed by atoms with Gasteiger partial charge in [-0.25, -0.2) is 0 Å². The molecular formula is C20H23NO2. The Morgan fingerprint density at radius 1 is 1.04 bits per heavy atom. The van der Waals surface area contributed by atoms with Crippen LogP contribution >= 0.6 is 0 Å². The van der Waals surface area contributed by atoms with Crippen LogP contribution in [0.15, 0.2) is 60.7 Å². The van der Waals surface area contributed by atoms with Crippen molar-refractivity contribution in [3.63, 3.8) is 0 Å². The van der Waals surface area contributed by atoms with Crippen molar-refractivity contribution < 1.29 is 9.53 Å². The molecule has 120 valence electrons. The van der Waals surface area contributed by atoms with Crippen molar-refractivity contribution in [3.8, 4) is 0 Å². The molecule has 0 aromatic heterocycles. The molecule has 1 atom stereocenters. The van der Waals surface area contributed by atoms with Crippen molar-refractivity contribution in [2.45, 2.75) is 31.3 Å². The van der Waals surface area contributed by atoms with Gasteiger partial charge >= 0.3 is 0 Å². The Kier molecular flexibility index (Phi) is 5.43. The second-order valence-electron chi connectivity index (χ2n) is 6.02. The van der Waals surface area contributed by atoms with Crippen LogP contribution in [0.4, 0.5) is 0 Å². The molecule has 1 N–H and O–H groups in total. The molecule has 1 fully saturated rings. The minimum atomic E-state index is 0.0817. The van der Waals surface area contributed by atoms with E-state index in [9.17, 15) is 4.79 Å². The average molecular weight is 309 g/mol. The number of carbonyl (C=O) groups is 1. The van der Waals surface area contributed by atoms with Crippen LogP contribution in [0, 0.1) is 0 Å². The molecule has 1 aliphatic heterocycles. The van der Waals surface area contributed by atoms with E-state index in [0.29, 0.717) is 13.0 Å². The fourth-order valence-corrected chi connectivity index (χ4v) is 3.09. The van der Waals surface area contributed by atoms with Crippen LogP contribution in [-0.4, -0.2) is 25.2 Å². The highest BCUT2D eigenvalue weighted by atomic mass is 16.5. The van der Waals surface area contributed by atoms with Gasteiger partial charge in [0.2, 0.25) is 5.91 Å². The minimum absolute atomic E-state index is 0.0817. The summed E-state index contributed by atoms with van der Waals surface area (Å²) in [4.78, 5) is 12.4. The molecule has 0 saturated carbocycles. The third kappa shape index (κ3) is 4.42. The van der Waals surface area contributed by atoms with Crippen LogP contribution in [0.2, 0.25) is 0 Å². The Balaban J connectivity index is 1.67. The van der Waals surface area contributed by atoms with E-state index in [4.69, 9.17) is 4.74 Å². The van der Waals surface area contributed by atoms with E-state index >= 15 is 0 Å². The lowest BCUT2D eigenvalue weighted by atomic mass is 9.88. The summed E-state index contributed by atoms with van der Waals surface area (Å²) in [5.41, 5.74) is 2.34. The molecule has 3 nitrogen and oxygen atoms in total. The zero-order valence-corrected chi connectivity index (χ0v) is 13.3. The number of rotatable bonds is 6. The third-order valence-corrected chi connectivity index (χ3v) is 4.34. The highest BCUT2D eigenvalue weighted by Crippen LogP contribution is 2.27. The summed E-state index contributed by atoms with van der Waals surface area (Å²) in [6.45, 7) is 1.44. The van der Waals surface area contributed by atoms with E-state index in [-0.39, 0.29) is 17.9 Å². The van der Waals surface area contributed by atoms with Crippen molar-refractivity contribution in [2.75, 3.05) is 13.2 Å². The highest BCUT2D eigenvalue weighted by Gasteiger charge is 2.20. The second-order valence-corrected chi connectivity index (χ2v) is 6.02. The Bertz CT molecular complexity index is 567. The van der Waals surface area contributed by atoms with E-state index in [2.05, 4.69) is 29.6 Å². The van der Waals surface area contributed by atoms with E-state index in [1.54, 1.807) is 0 Å². The molecule has 0 aliphatic carbocycles. The maximum absolute atomic E-state index is 12.4. The molecule has 1 amide bonds. The van der Waals surface area contributed by atoms with Gasteiger partial charge in [0.25, 0.3) is 0 Å². The molecule has 0 unspecified atom stereocenters. The zero-order chi connectivity index (χ0) is 15.9. The van der Waals surface area contributed by atoms with E-state index < -0.39 is 0 Å². The Hall–Kier alpha value is -2.13. The fraction of sp³-hybridized carbons (Fsp3) is 0.350. The number of nitrogens with one attached hydrogen (secondary N) is 1. The van der Waals surface area contributed by atoms with Gasteiger partial charge in [0.15, 0.2) is 0 Å². The van der Waals surface area contributed by atoms with E-state index in [1.165, 1.54) is 11.1 Å². The Morgan fingerprint density at radius 3 is 2.17 bits per heavy atom.